The fourth-order valence-corrected chi connectivity index (χ4v) is 2.38. The number of nitrogens with zero attached hydrogens (tertiary/aromatic N) is 1. The number of benzene rings is 2. The van der Waals surface area contributed by atoms with Gasteiger partial charge < -0.3 is 4.74 Å². The second kappa shape index (κ2) is 5.75. The minimum atomic E-state index is 0.481. The van der Waals surface area contributed by atoms with Crippen LogP contribution in [0.5, 0.6) is 11.6 Å². The van der Waals surface area contributed by atoms with Gasteiger partial charge in [0, 0.05) is 23.2 Å². The highest BCUT2D eigenvalue weighted by molar-refractivity contribution is 5.91. The Morgan fingerprint density at radius 2 is 1.86 bits per heavy atom. The first-order valence-corrected chi connectivity index (χ1v) is 6.91. The minimum absolute atomic E-state index is 0.481. The first-order chi connectivity index (χ1) is 10.3. The van der Waals surface area contributed by atoms with Crippen LogP contribution in [-0.2, 0) is 6.42 Å². The second-order valence-electron chi connectivity index (χ2n) is 4.77. The van der Waals surface area contributed by atoms with Crippen LogP contribution in [0.25, 0.3) is 10.8 Å². The van der Waals surface area contributed by atoms with E-state index in [1.54, 1.807) is 12.1 Å². The van der Waals surface area contributed by atoms with Crippen LogP contribution in [-0.4, -0.2) is 11.3 Å². The summed E-state index contributed by atoms with van der Waals surface area (Å²) in [5.41, 5.74) is 1.83. The Balaban J connectivity index is 2.02. The van der Waals surface area contributed by atoms with E-state index in [0.717, 1.165) is 23.8 Å². The molecule has 0 saturated heterocycles. The van der Waals surface area contributed by atoms with Crippen LogP contribution < -0.4 is 4.74 Å². The quantitative estimate of drug-likeness (QED) is 0.663. The predicted molar refractivity (Wildman–Crippen MR) is 83.0 cm³/mol. The maximum absolute atomic E-state index is 10.6. The molecular formula is C18H15NO2. The summed E-state index contributed by atoms with van der Waals surface area (Å²) in [6, 6.07) is 15.6. The van der Waals surface area contributed by atoms with E-state index >= 15 is 0 Å². The van der Waals surface area contributed by atoms with Crippen molar-refractivity contribution in [3.05, 3.63) is 65.9 Å². The van der Waals surface area contributed by atoms with Gasteiger partial charge in [-0.15, -0.1) is 0 Å². The molecule has 0 radical (unpaired) electrons. The molecule has 0 atom stereocenters. The molecule has 0 amide bonds. The smallest absolute Gasteiger partial charge is 0.219 e. The number of aldehydes is 1. The molecule has 0 spiro atoms. The van der Waals surface area contributed by atoms with Gasteiger partial charge in [0.05, 0.1) is 0 Å². The van der Waals surface area contributed by atoms with Crippen molar-refractivity contribution in [1.82, 2.24) is 4.98 Å². The summed E-state index contributed by atoms with van der Waals surface area (Å²) < 4.78 is 5.86. The van der Waals surface area contributed by atoms with E-state index in [1.165, 1.54) is 17.1 Å². The third-order valence-electron chi connectivity index (χ3n) is 3.46. The van der Waals surface area contributed by atoms with Crippen LogP contribution >= 0.6 is 0 Å². The highest BCUT2D eigenvalue weighted by Gasteiger charge is 2.06. The number of ether oxygens (including phenoxy) is 1. The summed E-state index contributed by atoms with van der Waals surface area (Å²) in [4.78, 5) is 14.8. The number of carbonyl (C=O) groups excluding carboxylic acids is 1. The fourth-order valence-electron chi connectivity index (χ4n) is 2.38. The first kappa shape index (κ1) is 13.3. The number of carbonyl (C=O) groups is 1. The molecule has 3 nitrogen and oxygen atoms in total. The van der Waals surface area contributed by atoms with Gasteiger partial charge in [-0.1, -0.05) is 37.3 Å². The Hall–Kier alpha value is -2.68. The maximum atomic E-state index is 10.6. The third-order valence-corrected chi connectivity index (χ3v) is 3.46. The largest absolute Gasteiger partial charge is 0.438 e. The summed E-state index contributed by atoms with van der Waals surface area (Å²) in [5.74, 6) is 1.25. The van der Waals surface area contributed by atoms with Crippen LogP contribution in [0.1, 0.15) is 22.8 Å². The van der Waals surface area contributed by atoms with Crippen molar-refractivity contribution in [2.24, 2.45) is 0 Å². The molecule has 3 heteroatoms. The van der Waals surface area contributed by atoms with Crippen LogP contribution in [0.3, 0.4) is 0 Å². The lowest BCUT2D eigenvalue weighted by atomic mass is 10.0. The van der Waals surface area contributed by atoms with Gasteiger partial charge in [-0.2, -0.15) is 0 Å². The lowest BCUT2D eigenvalue weighted by molar-refractivity contribution is 0.112. The number of aromatic nitrogens is 1. The molecular weight excluding hydrogens is 262 g/mol. The molecule has 0 bridgehead atoms. The van der Waals surface area contributed by atoms with Gasteiger partial charge in [-0.05, 0) is 29.5 Å². The highest BCUT2D eigenvalue weighted by atomic mass is 16.5. The molecule has 3 aromatic rings. The van der Waals surface area contributed by atoms with Crippen molar-refractivity contribution in [2.45, 2.75) is 13.3 Å². The normalized spacial score (nSPS) is 10.5. The zero-order valence-electron chi connectivity index (χ0n) is 11.7. The summed E-state index contributed by atoms with van der Waals surface area (Å²) >= 11 is 0. The van der Waals surface area contributed by atoms with E-state index in [2.05, 4.69) is 24.0 Å². The molecule has 0 fully saturated rings. The van der Waals surface area contributed by atoms with E-state index in [9.17, 15) is 4.79 Å². The third kappa shape index (κ3) is 2.63. The zero-order valence-corrected chi connectivity index (χ0v) is 11.7. The van der Waals surface area contributed by atoms with Crippen LogP contribution in [0.15, 0.2) is 54.7 Å². The highest BCUT2D eigenvalue weighted by Crippen LogP contribution is 2.31. The number of rotatable bonds is 4. The average Bonchev–Trinajstić information content (AvgIpc) is 2.55. The van der Waals surface area contributed by atoms with E-state index in [4.69, 9.17) is 4.74 Å². The van der Waals surface area contributed by atoms with Crippen molar-refractivity contribution in [3.8, 4) is 11.6 Å². The number of hydrogen-bond donors (Lipinski definition) is 0. The molecule has 21 heavy (non-hydrogen) atoms. The predicted octanol–water partition coefficient (Wildman–Crippen LogP) is 4.40. The van der Waals surface area contributed by atoms with Crippen LogP contribution in [0.4, 0.5) is 0 Å². The molecule has 3 rings (SSSR count). The van der Waals surface area contributed by atoms with Crippen molar-refractivity contribution in [1.29, 1.82) is 0 Å². The maximum Gasteiger partial charge on any atom is 0.219 e. The summed E-state index contributed by atoms with van der Waals surface area (Å²) in [5, 5.41) is 2.26. The van der Waals surface area contributed by atoms with Crippen molar-refractivity contribution in [3.63, 3.8) is 0 Å². The van der Waals surface area contributed by atoms with E-state index in [-0.39, 0.29) is 0 Å². The Morgan fingerprint density at radius 3 is 2.57 bits per heavy atom. The molecule has 1 heterocycles. The topological polar surface area (TPSA) is 39.2 Å². The molecule has 104 valence electrons. The van der Waals surface area contributed by atoms with Crippen LogP contribution in [0.2, 0.25) is 0 Å². The number of hydrogen-bond acceptors (Lipinski definition) is 3. The zero-order chi connectivity index (χ0) is 14.7. The second-order valence-corrected chi connectivity index (χ2v) is 4.77. The van der Waals surface area contributed by atoms with Crippen LogP contribution in [0, 0.1) is 0 Å². The average molecular weight is 277 g/mol. The number of pyridine rings is 1. The molecule has 0 aliphatic carbocycles. The lowest BCUT2D eigenvalue weighted by Gasteiger charge is -2.10. The number of fused-ring (bicyclic) bond motifs is 1. The standard InChI is InChI=1S/C18H15NO2/c1-2-14-5-3-7-16-15(14)6-4-8-17(16)21-18-10-9-13(12-20)11-19-18/h3-12H,2H2,1H3. The SMILES string of the molecule is CCc1cccc2c(Oc3ccc(C=O)cn3)cccc12. The van der Waals surface area contributed by atoms with E-state index in [0.29, 0.717) is 11.4 Å². The van der Waals surface area contributed by atoms with E-state index in [1.807, 2.05) is 24.3 Å². The van der Waals surface area contributed by atoms with Gasteiger partial charge in [-0.3, -0.25) is 4.79 Å². The number of aryl methyl sites for hydroxylation is 1. The minimum Gasteiger partial charge on any atom is -0.438 e. The summed E-state index contributed by atoms with van der Waals surface area (Å²) in [6.07, 6.45) is 3.25. The summed E-state index contributed by atoms with van der Waals surface area (Å²) in [7, 11) is 0. The molecule has 1 aromatic heterocycles. The first-order valence-electron chi connectivity index (χ1n) is 6.91. The van der Waals surface area contributed by atoms with Gasteiger partial charge in [0.1, 0.15) is 5.75 Å². The summed E-state index contributed by atoms with van der Waals surface area (Å²) in [6.45, 7) is 2.14. The molecule has 2 aromatic carbocycles. The van der Waals surface area contributed by atoms with Gasteiger partial charge >= 0.3 is 0 Å². The molecule has 0 aliphatic heterocycles. The van der Waals surface area contributed by atoms with Crippen molar-refractivity contribution < 1.29 is 9.53 Å². The van der Waals surface area contributed by atoms with E-state index < -0.39 is 0 Å². The molecule has 0 unspecified atom stereocenters. The molecule has 0 saturated carbocycles. The Labute approximate surface area is 123 Å². The fraction of sp³-hybridized carbons (Fsp3) is 0.111. The lowest BCUT2D eigenvalue weighted by Crippen LogP contribution is -1.91. The Kier molecular flexibility index (Phi) is 3.65. The van der Waals surface area contributed by atoms with Gasteiger partial charge in [-0.25, -0.2) is 4.98 Å². The van der Waals surface area contributed by atoms with Gasteiger partial charge in [0.15, 0.2) is 6.29 Å². The Bertz CT molecular complexity index is 779. The monoisotopic (exact) mass is 277 g/mol. The van der Waals surface area contributed by atoms with Crippen molar-refractivity contribution in [2.75, 3.05) is 0 Å². The van der Waals surface area contributed by atoms with Gasteiger partial charge in [0.2, 0.25) is 5.88 Å². The Morgan fingerprint density at radius 1 is 1.05 bits per heavy atom. The molecule has 0 aliphatic rings. The van der Waals surface area contributed by atoms with Crippen molar-refractivity contribution >= 4 is 17.1 Å². The molecule has 0 N–H and O–H groups in total. The van der Waals surface area contributed by atoms with Gasteiger partial charge in [0.25, 0.3) is 0 Å².